The molecule has 0 aliphatic rings. The van der Waals surface area contributed by atoms with Crippen LogP contribution in [0.5, 0.6) is 0 Å². The van der Waals surface area contributed by atoms with Crippen LogP contribution in [0.4, 0.5) is 4.48 Å². The monoisotopic (exact) mass is 208 g/mol. The fourth-order valence-electron chi connectivity index (χ4n) is 1.35. The Hall–Kier alpha value is -1.91. The fraction of sp³-hybridized carbons (Fsp3) is 0.200. The van der Waals surface area contributed by atoms with Gasteiger partial charge < -0.3 is 4.74 Å². The number of carbonyl (C=O) groups is 1. The van der Waals surface area contributed by atoms with Crippen molar-refractivity contribution in [2.75, 3.05) is 6.61 Å². The van der Waals surface area contributed by atoms with Gasteiger partial charge in [0.2, 0.25) is 0 Å². The quantitative estimate of drug-likeness (QED) is 0.708. The minimum Gasteiger partial charge on any atom is -0.461 e. The van der Waals surface area contributed by atoms with Crippen molar-refractivity contribution in [1.82, 2.24) is 9.77 Å². The van der Waals surface area contributed by atoms with Crippen molar-refractivity contribution in [1.29, 1.82) is 0 Å². The van der Waals surface area contributed by atoms with E-state index in [1.54, 1.807) is 19.1 Å². The Morgan fingerprint density at radius 3 is 3.13 bits per heavy atom. The van der Waals surface area contributed by atoms with E-state index in [1.165, 1.54) is 12.3 Å². The molecule has 0 radical (unpaired) electrons. The van der Waals surface area contributed by atoms with Crippen LogP contribution in [0.15, 0.2) is 24.4 Å². The van der Waals surface area contributed by atoms with Crippen LogP contribution < -0.4 is 0 Å². The molecule has 0 saturated carbocycles. The Morgan fingerprint density at radius 1 is 1.67 bits per heavy atom. The highest BCUT2D eigenvalue weighted by Gasteiger charge is 2.16. The molecule has 0 amide bonds. The zero-order valence-electron chi connectivity index (χ0n) is 8.11. The number of rotatable bonds is 2. The molecule has 2 heterocycles. The number of aromatic nitrogens is 2. The maximum Gasteiger partial charge on any atom is 0.357 e. The summed E-state index contributed by atoms with van der Waals surface area (Å²) in [5, 5.41) is 0.572. The molecule has 2 aromatic heterocycles. The van der Waals surface area contributed by atoms with Crippen LogP contribution in [0.3, 0.4) is 0 Å². The smallest absolute Gasteiger partial charge is 0.357 e. The third-order valence-corrected chi connectivity index (χ3v) is 1.99. The van der Waals surface area contributed by atoms with Crippen LogP contribution in [0.1, 0.15) is 17.4 Å². The summed E-state index contributed by atoms with van der Waals surface area (Å²) in [4.78, 5) is 15.4. The van der Waals surface area contributed by atoms with Gasteiger partial charge in [-0.1, -0.05) is 4.48 Å². The first-order chi connectivity index (χ1) is 7.24. The van der Waals surface area contributed by atoms with E-state index >= 15 is 0 Å². The van der Waals surface area contributed by atoms with Crippen molar-refractivity contribution in [3.05, 3.63) is 30.1 Å². The Balaban J connectivity index is 2.53. The third kappa shape index (κ3) is 1.56. The Labute approximate surface area is 85.2 Å². The predicted molar refractivity (Wildman–Crippen MR) is 52.2 cm³/mol. The van der Waals surface area contributed by atoms with Crippen molar-refractivity contribution in [2.24, 2.45) is 0 Å². The molecule has 5 heteroatoms. The molecule has 0 aliphatic heterocycles. The van der Waals surface area contributed by atoms with Crippen molar-refractivity contribution in [2.45, 2.75) is 6.92 Å². The normalized spacial score (nSPS) is 10.5. The second-order valence-electron chi connectivity index (χ2n) is 2.95. The van der Waals surface area contributed by atoms with Gasteiger partial charge in [-0.25, -0.2) is 9.78 Å². The van der Waals surface area contributed by atoms with Gasteiger partial charge in [0.15, 0.2) is 11.3 Å². The van der Waals surface area contributed by atoms with Crippen LogP contribution in [0.2, 0.25) is 0 Å². The highest BCUT2D eigenvalue weighted by molar-refractivity contribution is 5.94. The standard InChI is InChI=1S/C10H9FN2O2/c1-2-15-10(14)8-6-7-4-3-5-12-9(7)13(8)11/h3-6H,2H2,1H3. The third-order valence-electron chi connectivity index (χ3n) is 1.99. The van der Waals surface area contributed by atoms with Gasteiger partial charge in [0.05, 0.1) is 6.61 Å². The van der Waals surface area contributed by atoms with Gasteiger partial charge in [0, 0.05) is 11.6 Å². The minimum absolute atomic E-state index is 0.126. The Morgan fingerprint density at radius 2 is 2.47 bits per heavy atom. The molecule has 0 aromatic carbocycles. The van der Waals surface area contributed by atoms with Crippen LogP contribution in [-0.2, 0) is 4.74 Å². The van der Waals surface area contributed by atoms with Gasteiger partial charge >= 0.3 is 5.97 Å². The molecular formula is C10H9FN2O2. The molecular weight excluding hydrogens is 199 g/mol. The van der Waals surface area contributed by atoms with Crippen LogP contribution in [0.25, 0.3) is 11.0 Å². The molecule has 0 aliphatic carbocycles. The lowest BCUT2D eigenvalue weighted by Crippen LogP contribution is -2.07. The number of pyridine rings is 1. The summed E-state index contributed by atoms with van der Waals surface area (Å²) in [6.45, 7) is 1.88. The van der Waals surface area contributed by atoms with Gasteiger partial charge in [-0.05, 0) is 25.1 Å². The molecule has 15 heavy (non-hydrogen) atoms. The van der Waals surface area contributed by atoms with E-state index in [9.17, 15) is 9.28 Å². The highest BCUT2D eigenvalue weighted by atomic mass is 19.2. The minimum atomic E-state index is -0.682. The van der Waals surface area contributed by atoms with Crippen LogP contribution in [-0.4, -0.2) is 22.3 Å². The van der Waals surface area contributed by atoms with Crippen molar-refractivity contribution < 1.29 is 14.0 Å². The lowest BCUT2D eigenvalue weighted by atomic mass is 10.3. The second kappa shape index (κ2) is 3.68. The molecule has 2 rings (SSSR count). The maximum atomic E-state index is 13.6. The summed E-state index contributed by atoms with van der Waals surface area (Å²) in [7, 11) is 0. The number of halogens is 1. The summed E-state index contributed by atoms with van der Waals surface area (Å²) in [6.07, 6.45) is 1.47. The number of nitrogens with zero attached hydrogens (tertiary/aromatic N) is 2. The lowest BCUT2D eigenvalue weighted by Gasteiger charge is -1.99. The van der Waals surface area contributed by atoms with E-state index in [-0.39, 0.29) is 22.7 Å². The zero-order chi connectivity index (χ0) is 10.8. The molecule has 0 bridgehead atoms. The molecule has 0 atom stereocenters. The first-order valence-electron chi connectivity index (χ1n) is 4.53. The predicted octanol–water partition coefficient (Wildman–Crippen LogP) is 1.95. The molecule has 2 aromatic rings. The molecule has 0 fully saturated rings. The largest absolute Gasteiger partial charge is 0.461 e. The number of ether oxygens (including phenoxy) is 1. The van der Waals surface area contributed by atoms with Gasteiger partial charge in [0.25, 0.3) is 0 Å². The topological polar surface area (TPSA) is 44.1 Å². The molecule has 0 unspecified atom stereocenters. The van der Waals surface area contributed by atoms with Crippen LogP contribution in [0, 0.1) is 0 Å². The van der Waals surface area contributed by atoms with Gasteiger partial charge in [0.1, 0.15) is 0 Å². The molecule has 0 N–H and O–H groups in total. The van der Waals surface area contributed by atoms with E-state index in [2.05, 4.69) is 4.98 Å². The van der Waals surface area contributed by atoms with E-state index in [4.69, 9.17) is 4.74 Å². The van der Waals surface area contributed by atoms with Gasteiger partial charge in [-0.2, -0.15) is 4.79 Å². The summed E-state index contributed by atoms with van der Waals surface area (Å²) in [5.74, 6) is -0.682. The first kappa shape index (κ1) is 9.64. The average molecular weight is 208 g/mol. The van der Waals surface area contributed by atoms with E-state index in [0.717, 1.165) is 0 Å². The second-order valence-corrected chi connectivity index (χ2v) is 2.95. The average Bonchev–Trinajstić information content (AvgIpc) is 2.57. The number of fused-ring (bicyclic) bond motifs is 1. The summed E-state index contributed by atoms with van der Waals surface area (Å²) in [5.41, 5.74) is -0.00824. The van der Waals surface area contributed by atoms with Crippen molar-refractivity contribution in [3.8, 4) is 0 Å². The molecule has 78 valence electrons. The van der Waals surface area contributed by atoms with Gasteiger partial charge in [-0.15, -0.1) is 0 Å². The first-order valence-corrected chi connectivity index (χ1v) is 4.53. The summed E-state index contributed by atoms with van der Waals surface area (Å²) in [6, 6.07) is 4.78. The summed E-state index contributed by atoms with van der Waals surface area (Å²) < 4.78 is 18.3. The summed E-state index contributed by atoms with van der Waals surface area (Å²) >= 11 is 0. The number of hydrogen-bond donors (Lipinski definition) is 0. The van der Waals surface area contributed by atoms with Crippen LogP contribution >= 0.6 is 0 Å². The molecule has 0 spiro atoms. The molecule has 4 nitrogen and oxygen atoms in total. The molecule has 0 saturated heterocycles. The van der Waals surface area contributed by atoms with E-state index in [1.807, 2.05) is 0 Å². The Bertz CT molecular complexity index is 507. The van der Waals surface area contributed by atoms with Crippen molar-refractivity contribution >= 4 is 17.0 Å². The fourth-order valence-corrected chi connectivity index (χ4v) is 1.35. The number of hydrogen-bond acceptors (Lipinski definition) is 3. The SMILES string of the molecule is CCOC(=O)c1cc2cccnc2n1F. The van der Waals surface area contributed by atoms with E-state index < -0.39 is 5.97 Å². The van der Waals surface area contributed by atoms with Crippen molar-refractivity contribution in [3.63, 3.8) is 0 Å². The van der Waals surface area contributed by atoms with Gasteiger partial charge in [-0.3, -0.25) is 0 Å². The number of carbonyl (C=O) groups excluding carboxylic acids is 1. The highest BCUT2D eigenvalue weighted by Crippen LogP contribution is 2.18. The number of esters is 1. The lowest BCUT2D eigenvalue weighted by molar-refractivity contribution is 0.0503. The Kier molecular flexibility index (Phi) is 2.37. The van der Waals surface area contributed by atoms with E-state index in [0.29, 0.717) is 5.39 Å². The zero-order valence-corrected chi connectivity index (χ0v) is 8.11. The maximum absolute atomic E-state index is 13.6.